The molecule has 5 nitrogen and oxygen atoms in total. The number of benzene rings is 2. The molecule has 144 valence electrons. The SMILES string of the molecule is O=C1C(=Cc2cccc(Br)c2)SC(=S)N1CC(=O)N(CCO)c1ccccc1. The quantitative estimate of drug-likeness (QED) is 0.508. The molecule has 0 aliphatic carbocycles. The molecule has 1 saturated heterocycles. The molecule has 0 atom stereocenters. The molecule has 0 radical (unpaired) electrons. The maximum Gasteiger partial charge on any atom is 0.266 e. The van der Waals surface area contributed by atoms with Crippen molar-refractivity contribution >= 4 is 67.8 Å². The lowest BCUT2D eigenvalue weighted by atomic mass is 10.2. The minimum atomic E-state index is -0.305. The first kappa shape index (κ1) is 20.7. The molecule has 8 heteroatoms. The Labute approximate surface area is 181 Å². The van der Waals surface area contributed by atoms with Crippen LogP contribution in [0.25, 0.3) is 6.08 Å². The summed E-state index contributed by atoms with van der Waals surface area (Å²) < 4.78 is 1.26. The number of anilines is 1. The van der Waals surface area contributed by atoms with E-state index < -0.39 is 0 Å². The van der Waals surface area contributed by atoms with Crippen LogP contribution in [0.15, 0.2) is 64.0 Å². The number of halogens is 1. The first-order valence-electron chi connectivity index (χ1n) is 8.47. The molecule has 0 saturated carbocycles. The van der Waals surface area contributed by atoms with Crippen LogP contribution < -0.4 is 4.90 Å². The number of aliphatic hydroxyl groups excluding tert-OH is 1. The highest BCUT2D eigenvalue weighted by Crippen LogP contribution is 2.33. The van der Waals surface area contributed by atoms with Crippen LogP contribution >= 0.6 is 39.9 Å². The number of amides is 2. The second-order valence-corrected chi connectivity index (χ2v) is 8.52. The molecule has 1 aliphatic heterocycles. The number of para-hydroxylation sites is 1. The van der Waals surface area contributed by atoms with Crippen LogP contribution in [0.4, 0.5) is 5.69 Å². The maximum atomic E-state index is 12.8. The number of nitrogens with zero attached hydrogens (tertiary/aromatic N) is 2. The Morgan fingerprint density at radius 2 is 1.96 bits per heavy atom. The van der Waals surface area contributed by atoms with Gasteiger partial charge in [-0.05, 0) is 35.9 Å². The van der Waals surface area contributed by atoms with Crippen LogP contribution in [0.3, 0.4) is 0 Å². The first-order chi connectivity index (χ1) is 13.5. The summed E-state index contributed by atoms with van der Waals surface area (Å²) in [5, 5.41) is 9.32. The Hall–Kier alpha value is -2.00. The predicted molar refractivity (Wildman–Crippen MR) is 120 cm³/mol. The van der Waals surface area contributed by atoms with E-state index in [9.17, 15) is 14.7 Å². The van der Waals surface area contributed by atoms with E-state index in [1.165, 1.54) is 21.6 Å². The van der Waals surface area contributed by atoms with Crippen LogP contribution in [0.2, 0.25) is 0 Å². The van der Waals surface area contributed by atoms with Gasteiger partial charge < -0.3 is 10.0 Å². The summed E-state index contributed by atoms with van der Waals surface area (Å²) >= 11 is 9.91. The van der Waals surface area contributed by atoms with Crippen LogP contribution in [0.5, 0.6) is 0 Å². The smallest absolute Gasteiger partial charge is 0.266 e. The normalized spacial score (nSPS) is 15.4. The van der Waals surface area contributed by atoms with Crippen molar-refractivity contribution in [2.45, 2.75) is 0 Å². The Morgan fingerprint density at radius 1 is 1.21 bits per heavy atom. The standard InChI is InChI=1S/C20H17BrN2O3S2/c21-15-6-4-5-14(11-15)12-17-19(26)23(20(27)28-17)13-18(25)22(9-10-24)16-7-2-1-3-8-16/h1-8,11-12,24H,9-10,13H2. The third kappa shape index (κ3) is 4.88. The summed E-state index contributed by atoms with van der Waals surface area (Å²) in [6.45, 7) is -0.206. The van der Waals surface area contributed by atoms with Crippen molar-refractivity contribution in [2.24, 2.45) is 0 Å². The highest BCUT2D eigenvalue weighted by molar-refractivity contribution is 9.10. The average molecular weight is 477 g/mol. The van der Waals surface area contributed by atoms with Crippen molar-refractivity contribution in [1.29, 1.82) is 0 Å². The molecule has 1 aliphatic rings. The number of hydrogen-bond acceptors (Lipinski definition) is 5. The van der Waals surface area contributed by atoms with Gasteiger partial charge in [-0.1, -0.05) is 70.2 Å². The van der Waals surface area contributed by atoms with Gasteiger partial charge in [0.1, 0.15) is 10.9 Å². The topological polar surface area (TPSA) is 60.9 Å². The van der Waals surface area contributed by atoms with Crippen molar-refractivity contribution in [2.75, 3.05) is 24.6 Å². The fraction of sp³-hybridized carbons (Fsp3) is 0.150. The number of aliphatic hydroxyl groups is 1. The number of thioether (sulfide) groups is 1. The van der Waals surface area contributed by atoms with Gasteiger partial charge in [-0.25, -0.2) is 0 Å². The van der Waals surface area contributed by atoms with Gasteiger partial charge in [0, 0.05) is 16.7 Å². The minimum absolute atomic E-state index is 0.144. The zero-order valence-electron chi connectivity index (χ0n) is 14.7. The van der Waals surface area contributed by atoms with Gasteiger partial charge in [-0.3, -0.25) is 14.5 Å². The molecule has 2 aromatic rings. The molecule has 1 fully saturated rings. The van der Waals surface area contributed by atoms with Crippen LogP contribution in [0, 0.1) is 0 Å². The van der Waals surface area contributed by atoms with E-state index in [1.807, 2.05) is 42.5 Å². The second-order valence-electron chi connectivity index (χ2n) is 5.93. The fourth-order valence-electron chi connectivity index (χ4n) is 2.71. The third-order valence-electron chi connectivity index (χ3n) is 4.01. The predicted octanol–water partition coefficient (Wildman–Crippen LogP) is 3.68. The lowest BCUT2D eigenvalue weighted by Gasteiger charge is -2.24. The van der Waals surface area contributed by atoms with E-state index in [4.69, 9.17) is 12.2 Å². The summed E-state index contributed by atoms with van der Waals surface area (Å²) in [6.07, 6.45) is 1.76. The maximum absolute atomic E-state index is 12.8. The van der Waals surface area contributed by atoms with Crippen molar-refractivity contribution in [1.82, 2.24) is 4.90 Å². The number of rotatable bonds is 6. The molecule has 2 amide bonds. The molecule has 1 N–H and O–H groups in total. The fourth-order valence-corrected chi connectivity index (χ4v) is 4.38. The average Bonchev–Trinajstić information content (AvgIpc) is 2.94. The van der Waals surface area contributed by atoms with E-state index in [-0.39, 0.29) is 31.5 Å². The van der Waals surface area contributed by atoms with Crippen molar-refractivity contribution < 1.29 is 14.7 Å². The Morgan fingerprint density at radius 3 is 2.64 bits per heavy atom. The van der Waals surface area contributed by atoms with Gasteiger partial charge in [-0.2, -0.15) is 0 Å². The largest absolute Gasteiger partial charge is 0.395 e. The number of carbonyl (C=O) groups excluding carboxylic acids is 2. The lowest BCUT2D eigenvalue weighted by Crippen LogP contribution is -2.43. The zero-order chi connectivity index (χ0) is 20.1. The molecule has 0 unspecified atom stereocenters. The van der Waals surface area contributed by atoms with E-state index in [0.717, 1.165) is 10.0 Å². The number of carbonyl (C=O) groups is 2. The van der Waals surface area contributed by atoms with Crippen LogP contribution in [-0.4, -0.2) is 45.8 Å². The Balaban J connectivity index is 1.77. The molecular formula is C20H17BrN2O3S2. The minimum Gasteiger partial charge on any atom is -0.395 e. The summed E-state index contributed by atoms with van der Waals surface area (Å²) in [5.41, 5.74) is 1.53. The Kier molecular flexibility index (Phi) is 7.01. The van der Waals surface area contributed by atoms with Gasteiger partial charge in [0.15, 0.2) is 0 Å². The lowest BCUT2D eigenvalue weighted by molar-refractivity contribution is -0.127. The first-order valence-corrected chi connectivity index (χ1v) is 10.5. The van der Waals surface area contributed by atoms with Gasteiger partial charge in [0.25, 0.3) is 5.91 Å². The van der Waals surface area contributed by atoms with Gasteiger partial charge >= 0.3 is 0 Å². The zero-order valence-corrected chi connectivity index (χ0v) is 18.0. The summed E-state index contributed by atoms with van der Waals surface area (Å²) in [6, 6.07) is 16.6. The number of thiocarbonyl (C=S) groups is 1. The molecule has 3 rings (SSSR count). The van der Waals surface area contributed by atoms with Crippen molar-refractivity contribution in [3.63, 3.8) is 0 Å². The van der Waals surface area contributed by atoms with E-state index in [0.29, 0.717) is 14.9 Å². The van der Waals surface area contributed by atoms with Crippen LogP contribution in [0.1, 0.15) is 5.56 Å². The molecule has 28 heavy (non-hydrogen) atoms. The molecular weight excluding hydrogens is 460 g/mol. The summed E-state index contributed by atoms with van der Waals surface area (Å²) in [7, 11) is 0. The summed E-state index contributed by atoms with van der Waals surface area (Å²) in [5.74, 6) is -0.597. The second kappa shape index (κ2) is 9.47. The monoisotopic (exact) mass is 476 g/mol. The van der Waals surface area contributed by atoms with Gasteiger partial charge in [0.05, 0.1) is 11.5 Å². The van der Waals surface area contributed by atoms with E-state index >= 15 is 0 Å². The van der Waals surface area contributed by atoms with Crippen molar-refractivity contribution in [3.05, 3.63) is 69.5 Å². The van der Waals surface area contributed by atoms with Crippen LogP contribution in [-0.2, 0) is 9.59 Å². The molecule has 1 heterocycles. The van der Waals surface area contributed by atoms with Crippen molar-refractivity contribution in [3.8, 4) is 0 Å². The van der Waals surface area contributed by atoms with E-state index in [2.05, 4.69) is 15.9 Å². The number of hydrogen-bond donors (Lipinski definition) is 1. The summed E-state index contributed by atoms with van der Waals surface area (Å²) in [4.78, 5) is 28.8. The molecule has 0 bridgehead atoms. The molecule has 2 aromatic carbocycles. The van der Waals surface area contributed by atoms with Gasteiger partial charge in [0.2, 0.25) is 5.91 Å². The van der Waals surface area contributed by atoms with E-state index in [1.54, 1.807) is 18.2 Å². The highest BCUT2D eigenvalue weighted by Gasteiger charge is 2.34. The molecule has 0 spiro atoms. The van der Waals surface area contributed by atoms with Gasteiger partial charge in [-0.15, -0.1) is 0 Å². The highest BCUT2D eigenvalue weighted by atomic mass is 79.9. The Bertz CT molecular complexity index is 934. The molecule has 0 aromatic heterocycles. The third-order valence-corrected chi connectivity index (χ3v) is 5.88.